The Morgan fingerprint density at radius 1 is 1.19 bits per heavy atom. The van der Waals surface area contributed by atoms with Gasteiger partial charge in [-0.3, -0.25) is 4.68 Å². The first-order valence-corrected chi connectivity index (χ1v) is 6.05. The molecule has 0 spiro atoms. The van der Waals surface area contributed by atoms with Crippen LogP contribution < -0.4 is 0 Å². The molecular weight excluding hydrogens is 220 g/mol. The molecule has 2 rings (SSSR count). The highest BCUT2D eigenvalue weighted by Crippen LogP contribution is 2.29. The van der Waals surface area contributed by atoms with E-state index in [1.54, 1.807) is 0 Å². The Kier molecular flexibility index (Phi) is 2.94. The number of rotatable bonds is 2. The Hall–Kier alpha value is -1.02. The van der Waals surface area contributed by atoms with E-state index in [1.807, 2.05) is 10.7 Å². The highest BCUT2D eigenvalue weighted by atomic mass is 35.5. The van der Waals surface area contributed by atoms with Gasteiger partial charge in [0.25, 0.3) is 0 Å². The van der Waals surface area contributed by atoms with Crippen molar-refractivity contribution in [1.29, 1.82) is 0 Å². The van der Waals surface area contributed by atoms with Crippen LogP contribution in [-0.4, -0.2) is 9.78 Å². The zero-order chi connectivity index (χ0) is 11.9. The topological polar surface area (TPSA) is 17.8 Å². The fourth-order valence-corrected chi connectivity index (χ4v) is 2.17. The van der Waals surface area contributed by atoms with Crippen molar-refractivity contribution < 1.29 is 0 Å². The fraction of sp³-hybridized carbons (Fsp3) is 0.462. The van der Waals surface area contributed by atoms with E-state index in [-0.39, 0.29) is 0 Å². The summed E-state index contributed by atoms with van der Waals surface area (Å²) >= 11 is 6.24. The molecule has 16 heavy (non-hydrogen) atoms. The quantitative estimate of drug-likeness (QED) is 0.756. The Labute approximate surface area is 101 Å². The molecule has 3 heteroatoms. The number of halogens is 1. The van der Waals surface area contributed by atoms with Crippen molar-refractivity contribution in [3.8, 4) is 0 Å². The van der Waals surface area contributed by atoms with Crippen LogP contribution in [0.15, 0.2) is 18.3 Å². The molecule has 0 aliphatic rings. The van der Waals surface area contributed by atoms with Gasteiger partial charge in [0.05, 0.1) is 5.52 Å². The molecular formula is C13H17ClN2. The van der Waals surface area contributed by atoms with E-state index >= 15 is 0 Å². The molecule has 0 radical (unpaired) electrons. The molecule has 0 bridgehead atoms. The predicted molar refractivity (Wildman–Crippen MR) is 69.2 cm³/mol. The van der Waals surface area contributed by atoms with E-state index in [9.17, 15) is 0 Å². The van der Waals surface area contributed by atoms with Gasteiger partial charge in [0.15, 0.2) is 0 Å². The van der Waals surface area contributed by atoms with Crippen LogP contribution in [-0.2, 0) is 0 Å². The molecule has 1 heterocycles. The minimum absolute atomic E-state index is 0.383. The molecule has 0 aliphatic carbocycles. The molecule has 86 valence electrons. The largest absolute Gasteiger partial charge is 0.269 e. The normalized spacial score (nSPS) is 11.9. The lowest BCUT2D eigenvalue weighted by atomic mass is 10.0. The maximum atomic E-state index is 6.24. The molecule has 0 unspecified atom stereocenters. The smallest absolute Gasteiger partial charge is 0.0938 e. The van der Waals surface area contributed by atoms with E-state index in [1.165, 1.54) is 10.9 Å². The van der Waals surface area contributed by atoms with Gasteiger partial charge in [0, 0.05) is 22.6 Å². The third-order valence-electron chi connectivity index (χ3n) is 2.79. The summed E-state index contributed by atoms with van der Waals surface area (Å²) in [7, 11) is 0. The van der Waals surface area contributed by atoms with Crippen LogP contribution in [0.5, 0.6) is 0 Å². The zero-order valence-electron chi connectivity index (χ0n) is 10.2. The monoisotopic (exact) mass is 236 g/mol. The summed E-state index contributed by atoms with van der Waals surface area (Å²) in [5.74, 6) is 0.444. The van der Waals surface area contributed by atoms with Crippen molar-refractivity contribution in [2.75, 3.05) is 0 Å². The first kappa shape index (κ1) is 11.5. The Balaban J connectivity index is 2.61. The maximum absolute atomic E-state index is 6.24. The maximum Gasteiger partial charge on any atom is 0.0938 e. The van der Waals surface area contributed by atoms with Crippen LogP contribution in [0.3, 0.4) is 0 Å². The average molecular weight is 237 g/mol. The summed E-state index contributed by atoms with van der Waals surface area (Å²) in [6, 6.07) is 4.49. The van der Waals surface area contributed by atoms with Crippen LogP contribution in [0.1, 0.15) is 45.2 Å². The van der Waals surface area contributed by atoms with Crippen LogP contribution in [0.2, 0.25) is 5.02 Å². The summed E-state index contributed by atoms with van der Waals surface area (Å²) < 4.78 is 1.98. The van der Waals surface area contributed by atoms with Crippen LogP contribution in [0.4, 0.5) is 0 Å². The summed E-state index contributed by atoms with van der Waals surface area (Å²) in [4.78, 5) is 0. The van der Waals surface area contributed by atoms with E-state index in [2.05, 4.69) is 45.1 Å². The molecule has 0 aliphatic heterocycles. The second-order valence-corrected chi connectivity index (χ2v) is 5.20. The highest BCUT2D eigenvalue weighted by molar-refractivity contribution is 6.32. The number of hydrogen-bond donors (Lipinski definition) is 0. The van der Waals surface area contributed by atoms with Crippen molar-refractivity contribution in [3.05, 3.63) is 28.9 Å². The number of nitrogens with zero attached hydrogens (tertiary/aromatic N) is 2. The molecule has 2 nitrogen and oxygen atoms in total. The zero-order valence-corrected chi connectivity index (χ0v) is 10.9. The van der Waals surface area contributed by atoms with Gasteiger partial charge < -0.3 is 0 Å². The van der Waals surface area contributed by atoms with E-state index in [0.29, 0.717) is 12.0 Å². The first-order valence-electron chi connectivity index (χ1n) is 5.67. The van der Waals surface area contributed by atoms with Gasteiger partial charge in [-0.25, -0.2) is 0 Å². The Morgan fingerprint density at radius 3 is 2.44 bits per heavy atom. The minimum atomic E-state index is 0.383. The summed E-state index contributed by atoms with van der Waals surface area (Å²) in [6.45, 7) is 8.55. The second kappa shape index (κ2) is 4.10. The van der Waals surface area contributed by atoms with Gasteiger partial charge >= 0.3 is 0 Å². The minimum Gasteiger partial charge on any atom is -0.269 e. The molecule has 1 aromatic heterocycles. The Morgan fingerprint density at radius 2 is 1.88 bits per heavy atom. The number of hydrogen-bond acceptors (Lipinski definition) is 1. The van der Waals surface area contributed by atoms with Gasteiger partial charge in [0.2, 0.25) is 0 Å². The Bertz CT molecular complexity index is 512. The average Bonchev–Trinajstić information content (AvgIpc) is 2.58. The fourth-order valence-electron chi connectivity index (χ4n) is 1.79. The summed E-state index contributed by atoms with van der Waals surface area (Å²) in [5, 5.41) is 6.49. The summed E-state index contributed by atoms with van der Waals surface area (Å²) in [6.07, 6.45) is 2.09. The molecule has 2 aromatic rings. The van der Waals surface area contributed by atoms with E-state index in [0.717, 1.165) is 10.5 Å². The van der Waals surface area contributed by atoms with Gasteiger partial charge in [-0.2, -0.15) is 5.10 Å². The van der Waals surface area contributed by atoms with Crippen molar-refractivity contribution in [1.82, 2.24) is 9.78 Å². The third-order valence-corrected chi connectivity index (χ3v) is 3.12. The van der Waals surface area contributed by atoms with Crippen molar-refractivity contribution in [3.63, 3.8) is 0 Å². The summed E-state index contributed by atoms with van der Waals surface area (Å²) in [5.41, 5.74) is 2.17. The first-order chi connectivity index (χ1) is 7.49. The van der Waals surface area contributed by atoms with Gasteiger partial charge in [-0.15, -0.1) is 0 Å². The van der Waals surface area contributed by atoms with Gasteiger partial charge in [0.1, 0.15) is 0 Å². The van der Waals surface area contributed by atoms with Crippen molar-refractivity contribution >= 4 is 22.5 Å². The second-order valence-electron chi connectivity index (χ2n) is 4.79. The number of fused-ring (bicyclic) bond motifs is 1. The molecule has 0 atom stereocenters. The lowest BCUT2D eigenvalue weighted by molar-refractivity contribution is 0.537. The molecule has 0 N–H and O–H groups in total. The third kappa shape index (κ3) is 1.94. The molecule has 0 saturated carbocycles. The van der Waals surface area contributed by atoms with Gasteiger partial charge in [-0.1, -0.05) is 25.4 Å². The molecule has 0 saturated heterocycles. The molecule has 1 aromatic carbocycles. The predicted octanol–water partition coefficient (Wildman–Crippen LogP) is 4.39. The van der Waals surface area contributed by atoms with Crippen molar-refractivity contribution in [2.24, 2.45) is 0 Å². The lowest BCUT2D eigenvalue weighted by Gasteiger charge is -2.07. The number of aromatic nitrogens is 2. The SMILES string of the molecule is CC(C)c1cc2cn(C(C)C)nc2cc1Cl. The molecule has 0 fully saturated rings. The van der Waals surface area contributed by atoms with Gasteiger partial charge in [-0.05, 0) is 37.5 Å². The van der Waals surface area contributed by atoms with Crippen molar-refractivity contribution in [2.45, 2.75) is 39.7 Å². The van der Waals surface area contributed by atoms with Crippen LogP contribution in [0.25, 0.3) is 10.9 Å². The number of benzene rings is 1. The van der Waals surface area contributed by atoms with E-state index in [4.69, 9.17) is 11.6 Å². The highest BCUT2D eigenvalue weighted by Gasteiger charge is 2.10. The molecule has 0 amide bonds. The lowest BCUT2D eigenvalue weighted by Crippen LogP contribution is -1.99. The van der Waals surface area contributed by atoms with E-state index < -0.39 is 0 Å². The standard InChI is InChI=1S/C13H17ClN2/c1-8(2)11-5-10-7-16(9(3)4)15-13(10)6-12(11)14/h5-9H,1-4H3. The van der Waals surface area contributed by atoms with Crippen LogP contribution >= 0.6 is 11.6 Å². The van der Waals surface area contributed by atoms with Crippen LogP contribution in [0, 0.1) is 0 Å².